The Hall–Kier alpha value is -2.03. The lowest BCUT2D eigenvalue weighted by Gasteiger charge is -2.08. The number of benzene rings is 2. The average molecular weight is 269 g/mol. The third-order valence-electron chi connectivity index (χ3n) is 3.37. The lowest BCUT2D eigenvalue weighted by molar-refractivity contribution is 0.791. The summed E-state index contributed by atoms with van der Waals surface area (Å²) in [5, 5.41) is 5.79. The highest BCUT2D eigenvalue weighted by Gasteiger charge is 2.00. The van der Waals surface area contributed by atoms with E-state index in [9.17, 15) is 0 Å². The number of guanidine groups is 1. The largest absolute Gasteiger partial charge is 0.370 e. The summed E-state index contributed by atoms with van der Waals surface area (Å²) >= 11 is 0. The van der Waals surface area contributed by atoms with Crippen LogP contribution in [0.3, 0.4) is 0 Å². The predicted octanol–water partition coefficient (Wildman–Crippen LogP) is 3.09. The molecule has 0 fully saturated rings. The van der Waals surface area contributed by atoms with Crippen LogP contribution in [0.2, 0.25) is 0 Å². The molecule has 0 saturated carbocycles. The molecule has 2 rings (SSSR count). The Morgan fingerprint density at radius 3 is 2.80 bits per heavy atom. The fraction of sp³-hybridized carbons (Fsp3) is 0.353. The number of nitrogens with one attached hydrogen (secondary N) is 1. The van der Waals surface area contributed by atoms with Crippen LogP contribution in [0.5, 0.6) is 0 Å². The van der Waals surface area contributed by atoms with Crippen molar-refractivity contribution in [1.29, 1.82) is 0 Å². The summed E-state index contributed by atoms with van der Waals surface area (Å²) in [6.45, 7) is 3.78. The van der Waals surface area contributed by atoms with Crippen molar-refractivity contribution in [2.45, 2.75) is 26.2 Å². The van der Waals surface area contributed by atoms with Crippen LogP contribution in [0.25, 0.3) is 10.8 Å². The third-order valence-corrected chi connectivity index (χ3v) is 3.37. The smallest absolute Gasteiger partial charge is 0.188 e. The molecule has 3 nitrogen and oxygen atoms in total. The van der Waals surface area contributed by atoms with Crippen molar-refractivity contribution in [3.63, 3.8) is 0 Å². The van der Waals surface area contributed by atoms with Crippen molar-refractivity contribution in [3.8, 4) is 0 Å². The van der Waals surface area contributed by atoms with Crippen molar-refractivity contribution in [2.75, 3.05) is 13.1 Å². The number of hydrogen-bond donors (Lipinski definition) is 2. The number of nitrogens with zero attached hydrogens (tertiary/aromatic N) is 1. The lowest BCUT2D eigenvalue weighted by atomic mass is 10.0. The summed E-state index contributed by atoms with van der Waals surface area (Å²) in [6, 6.07) is 14.9. The van der Waals surface area contributed by atoms with Gasteiger partial charge in [0.25, 0.3) is 0 Å². The van der Waals surface area contributed by atoms with E-state index in [1.54, 1.807) is 0 Å². The molecule has 3 N–H and O–H groups in total. The summed E-state index contributed by atoms with van der Waals surface area (Å²) in [7, 11) is 0. The van der Waals surface area contributed by atoms with E-state index in [1.807, 2.05) is 0 Å². The second-order valence-electron chi connectivity index (χ2n) is 4.94. The summed E-state index contributed by atoms with van der Waals surface area (Å²) < 4.78 is 0. The van der Waals surface area contributed by atoms with E-state index in [-0.39, 0.29) is 0 Å². The molecule has 0 radical (unpaired) electrons. The van der Waals surface area contributed by atoms with Gasteiger partial charge in [-0.2, -0.15) is 0 Å². The molecule has 20 heavy (non-hydrogen) atoms. The highest BCUT2D eigenvalue weighted by Crippen LogP contribution is 2.18. The summed E-state index contributed by atoms with van der Waals surface area (Å²) in [6.07, 6.45) is 3.18. The first-order valence-corrected chi connectivity index (χ1v) is 7.31. The summed E-state index contributed by atoms with van der Waals surface area (Å²) in [5.74, 6) is 0.554. The fourth-order valence-corrected chi connectivity index (χ4v) is 2.25. The fourth-order valence-electron chi connectivity index (χ4n) is 2.25. The van der Waals surface area contributed by atoms with E-state index in [1.165, 1.54) is 16.3 Å². The van der Waals surface area contributed by atoms with E-state index in [2.05, 4.69) is 59.7 Å². The summed E-state index contributed by atoms with van der Waals surface area (Å²) in [4.78, 5) is 4.29. The van der Waals surface area contributed by atoms with E-state index < -0.39 is 0 Å². The van der Waals surface area contributed by atoms with Crippen molar-refractivity contribution >= 4 is 16.7 Å². The number of hydrogen-bond acceptors (Lipinski definition) is 1. The van der Waals surface area contributed by atoms with Crippen LogP contribution in [0.1, 0.15) is 25.3 Å². The Balaban J connectivity index is 1.91. The Bertz CT molecular complexity index is 570. The van der Waals surface area contributed by atoms with Gasteiger partial charge in [-0.25, -0.2) is 0 Å². The molecule has 0 aliphatic carbocycles. The van der Waals surface area contributed by atoms with Crippen LogP contribution in [-0.4, -0.2) is 19.0 Å². The van der Waals surface area contributed by atoms with Gasteiger partial charge in [-0.05, 0) is 29.2 Å². The van der Waals surface area contributed by atoms with Gasteiger partial charge in [-0.3, -0.25) is 4.99 Å². The zero-order chi connectivity index (χ0) is 14.2. The van der Waals surface area contributed by atoms with Gasteiger partial charge in [0.2, 0.25) is 0 Å². The first-order chi connectivity index (χ1) is 9.81. The zero-order valence-electron chi connectivity index (χ0n) is 12.1. The number of fused-ring (bicyclic) bond motifs is 1. The highest BCUT2D eigenvalue weighted by atomic mass is 15.1. The Morgan fingerprint density at radius 1 is 1.15 bits per heavy atom. The number of nitrogens with two attached hydrogens (primary N) is 1. The SMILES string of the molecule is CCCCN=C(N)NCCc1cccc2ccccc12. The van der Waals surface area contributed by atoms with Gasteiger partial charge >= 0.3 is 0 Å². The van der Waals surface area contributed by atoms with Gasteiger partial charge in [0, 0.05) is 13.1 Å². The molecule has 0 amide bonds. The van der Waals surface area contributed by atoms with Gasteiger partial charge in [-0.15, -0.1) is 0 Å². The van der Waals surface area contributed by atoms with Crippen LogP contribution < -0.4 is 11.1 Å². The van der Waals surface area contributed by atoms with Crippen molar-refractivity contribution in [1.82, 2.24) is 5.32 Å². The van der Waals surface area contributed by atoms with Gasteiger partial charge in [0.1, 0.15) is 0 Å². The Morgan fingerprint density at radius 2 is 1.95 bits per heavy atom. The zero-order valence-corrected chi connectivity index (χ0v) is 12.1. The van der Waals surface area contributed by atoms with Crippen LogP contribution in [-0.2, 0) is 6.42 Å². The number of aliphatic imine (C=N–C) groups is 1. The molecule has 0 spiro atoms. The molecular weight excluding hydrogens is 246 g/mol. The molecule has 0 atom stereocenters. The first kappa shape index (κ1) is 14.4. The second kappa shape index (κ2) is 7.53. The normalized spacial score (nSPS) is 11.8. The molecule has 0 aromatic heterocycles. The molecule has 2 aromatic rings. The maximum absolute atomic E-state index is 5.83. The van der Waals surface area contributed by atoms with Gasteiger partial charge in [0.15, 0.2) is 5.96 Å². The average Bonchev–Trinajstić information content (AvgIpc) is 2.48. The monoisotopic (exact) mass is 269 g/mol. The quantitative estimate of drug-likeness (QED) is 0.481. The maximum Gasteiger partial charge on any atom is 0.188 e. The third kappa shape index (κ3) is 3.98. The minimum Gasteiger partial charge on any atom is -0.370 e. The van der Waals surface area contributed by atoms with Crippen LogP contribution >= 0.6 is 0 Å². The summed E-state index contributed by atoms with van der Waals surface area (Å²) in [5.41, 5.74) is 7.17. The van der Waals surface area contributed by atoms with Gasteiger partial charge < -0.3 is 11.1 Å². The van der Waals surface area contributed by atoms with Crippen LogP contribution in [0.15, 0.2) is 47.5 Å². The molecule has 0 aliphatic rings. The molecule has 106 valence electrons. The molecule has 0 bridgehead atoms. The second-order valence-corrected chi connectivity index (χ2v) is 4.94. The molecule has 0 unspecified atom stereocenters. The topological polar surface area (TPSA) is 50.4 Å². The minimum atomic E-state index is 0.554. The first-order valence-electron chi connectivity index (χ1n) is 7.31. The lowest BCUT2D eigenvalue weighted by Crippen LogP contribution is -2.33. The molecule has 0 heterocycles. The standard InChI is InChI=1S/C17H23N3/c1-2-3-12-19-17(18)20-13-11-15-9-6-8-14-7-4-5-10-16(14)15/h4-10H,2-3,11-13H2,1H3,(H3,18,19,20). The molecular formula is C17H23N3. The van der Waals surface area contributed by atoms with Crippen molar-refractivity contribution in [3.05, 3.63) is 48.0 Å². The molecule has 2 aromatic carbocycles. The van der Waals surface area contributed by atoms with Gasteiger partial charge in [0.05, 0.1) is 0 Å². The van der Waals surface area contributed by atoms with E-state index in [0.29, 0.717) is 5.96 Å². The number of unbranched alkanes of at least 4 members (excludes halogenated alkanes) is 1. The van der Waals surface area contributed by atoms with E-state index in [0.717, 1.165) is 32.4 Å². The molecule has 0 aliphatic heterocycles. The Kier molecular flexibility index (Phi) is 5.42. The molecule has 3 heteroatoms. The van der Waals surface area contributed by atoms with Crippen LogP contribution in [0.4, 0.5) is 0 Å². The maximum atomic E-state index is 5.83. The Labute approximate surface area is 120 Å². The van der Waals surface area contributed by atoms with E-state index >= 15 is 0 Å². The van der Waals surface area contributed by atoms with Crippen molar-refractivity contribution in [2.24, 2.45) is 10.7 Å². The van der Waals surface area contributed by atoms with Crippen LogP contribution in [0, 0.1) is 0 Å². The predicted molar refractivity (Wildman–Crippen MR) is 87.1 cm³/mol. The van der Waals surface area contributed by atoms with Gasteiger partial charge in [-0.1, -0.05) is 55.8 Å². The van der Waals surface area contributed by atoms with E-state index in [4.69, 9.17) is 5.73 Å². The highest BCUT2D eigenvalue weighted by molar-refractivity contribution is 5.85. The molecule has 0 saturated heterocycles. The minimum absolute atomic E-state index is 0.554. The van der Waals surface area contributed by atoms with Crippen molar-refractivity contribution < 1.29 is 0 Å². The number of rotatable bonds is 6.